The topological polar surface area (TPSA) is 43.8 Å². The highest BCUT2D eigenvalue weighted by atomic mass is 19.3. The number of aliphatic hydroxyl groups excluding tert-OH is 1. The molecule has 6 heteroatoms. The van der Waals surface area contributed by atoms with Gasteiger partial charge in [-0.1, -0.05) is 18.6 Å². The van der Waals surface area contributed by atoms with Gasteiger partial charge in [-0.3, -0.25) is 9.69 Å². The summed E-state index contributed by atoms with van der Waals surface area (Å²) in [5, 5.41) is 9.46. The molecule has 1 aliphatic carbocycles. The van der Waals surface area contributed by atoms with Crippen LogP contribution in [0.4, 0.5) is 8.78 Å². The number of alkyl halides is 2. The van der Waals surface area contributed by atoms with E-state index >= 15 is 0 Å². The SMILES string of the molecule is CN(C(=O)c1cccc(C(F)F)c1)[C@H](CN1CC(O)C1)C1CCC1. The lowest BCUT2D eigenvalue weighted by atomic mass is 9.78. The van der Waals surface area contributed by atoms with Crippen LogP contribution in [0.3, 0.4) is 0 Å². The number of halogens is 2. The summed E-state index contributed by atoms with van der Waals surface area (Å²) in [6.07, 6.45) is 0.516. The van der Waals surface area contributed by atoms with Crippen molar-refractivity contribution in [1.82, 2.24) is 9.80 Å². The van der Waals surface area contributed by atoms with E-state index in [0.29, 0.717) is 24.6 Å². The van der Waals surface area contributed by atoms with E-state index in [9.17, 15) is 18.7 Å². The molecule has 1 atom stereocenters. The second kappa shape index (κ2) is 7.15. The summed E-state index contributed by atoms with van der Waals surface area (Å²) in [7, 11) is 1.76. The highest BCUT2D eigenvalue weighted by Crippen LogP contribution is 2.33. The van der Waals surface area contributed by atoms with Gasteiger partial charge in [-0.2, -0.15) is 0 Å². The molecule has 1 aromatic carbocycles. The van der Waals surface area contributed by atoms with Gasteiger partial charge in [0.25, 0.3) is 12.3 Å². The molecule has 2 aliphatic rings. The average Bonchev–Trinajstić information content (AvgIpc) is 2.49. The van der Waals surface area contributed by atoms with Crippen molar-refractivity contribution in [2.75, 3.05) is 26.7 Å². The van der Waals surface area contributed by atoms with Gasteiger partial charge in [0.15, 0.2) is 0 Å². The fraction of sp³-hybridized carbons (Fsp3) is 0.611. The van der Waals surface area contributed by atoms with Gasteiger partial charge >= 0.3 is 0 Å². The number of β-amino-alcohol motifs (C(OH)–C–C–N with tert-alkyl or cyclic N) is 1. The number of likely N-dealkylation sites (tertiary alicyclic amines) is 1. The number of amides is 1. The standard InChI is InChI=1S/C18H24F2N2O2/c1-21(18(24)14-7-3-6-13(8-14)17(19)20)16(12-4-2-5-12)11-22-9-15(23)10-22/h3,6-8,12,15-17,23H,2,4-5,9-11H2,1H3/t16-/m1/s1. The molecule has 24 heavy (non-hydrogen) atoms. The number of carbonyl (C=O) groups excluding carboxylic acids is 1. The second-order valence-corrected chi connectivity index (χ2v) is 6.97. The number of aliphatic hydroxyl groups is 1. The highest BCUT2D eigenvalue weighted by molar-refractivity contribution is 5.94. The van der Waals surface area contributed by atoms with Gasteiger partial charge in [0, 0.05) is 43.9 Å². The van der Waals surface area contributed by atoms with Gasteiger partial charge in [0.2, 0.25) is 0 Å². The third-order valence-corrected chi connectivity index (χ3v) is 5.28. The van der Waals surface area contributed by atoms with E-state index in [2.05, 4.69) is 4.90 Å². The fourth-order valence-electron chi connectivity index (χ4n) is 3.53. The molecule has 3 rings (SSSR count). The van der Waals surface area contributed by atoms with Gasteiger partial charge in [-0.05, 0) is 30.9 Å². The number of benzene rings is 1. The maximum absolute atomic E-state index is 12.9. The zero-order valence-corrected chi connectivity index (χ0v) is 13.9. The van der Waals surface area contributed by atoms with E-state index < -0.39 is 6.43 Å². The molecule has 0 radical (unpaired) electrons. The fourth-order valence-corrected chi connectivity index (χ4v) is 3.53. The molecule has 4 nitrogen and oxygen atoms in total. The molecule has 0 bridgehead atoms. The van der Waals surface area contributed by atoms with Gasteiger partial charge < -0.3 is 10.0 Å². The van der Waals surface area contributed by atoms with Gasteiger partial charge in [-0.25, -0.2) is 8.78 Å². The Bertz CT molecular complexity index is 586. The third kappa shape index (κ3) is 3.59. The highest BCUT2D eigenvalue weighted by Gasteiger charge is 2.36. The van der Waals surface area contributed by atoms with E-state index in [4.69, 9.17) is 0 Å². The van der Waals surface area contributed by atoms with Crippen molar-refractivity contribution >= 4 is 5.91 Å². The molecule has 0 unspecified atom stereocenters. The van der Waals surface area contributed by atoms with Crippen LogP contribution in [-0.4, -0.2) is 59.6 Å². The van der Waals surface area contributed by atoms with Crippen LogP contribution >= 0.6 is 0 Å². The Morgan fingerprint density at radius 3 is 2.62 bits per heavy atom. The minimum atomic E-state index is -2.58. The van der Waals surface area contributed by atoms with E-state index in [1.54, 1.807) is 18.0 Å². The molecule has 2 fully saturated rings. The first kappa shape index (κ1) is 17.3. The Balaban J connectivity index is 1.72. The predicted molar refractivity (Wildman–Crippen MR) is 87.1 cm³/mol. The Labute approximate surface area is 141 Å². The summed E-state index contributed by atoms with van der Waals surface area (Å²) >= 11 is 0. The van der Waals surface area contributed by atoms with Crippen molar-refractivity contribution in [3.8, 4) is 0 Å². The normalized spacial score (nSPS) is 20.5. The van der Waals surface area contributed by atoms with Crippen LogP contribution < -0.4 is 0 Å². The largest absolute Gasteiger partial charge is 0.390 e. The lowest BCUT2D eigenvalue weighted by Gasteiger charge is -2.45. The van der Waals surface area contributed by atoms with Crippen molar-refractivity contribution in [2.24, 2.45) is 5.92 Å². The van der Waals surface area contributed by atoms with E-state index in [1.807, 2.05) is 0 Å². The summed E-state index contributed by atoms with van der Waals surface area (Å²) in [5.41, 5.74) is 0.184. The van der Waals surface area contributed by atoms with Crippen molar-refractivity contribution in [3.05, 3.63) is 35.4 Å². The Hall–Kier alpha value is -1.53. The van der Waals surface area contributed by atoms with Crippen LogP contribution in [0.15, 0.2) is 24.3 Å². The summed E-state index contributed by atoms with van der Waals surface area (Å²) in [4.78, 5) is 16.6. The molecule has 0 aromatic heterocycles. The molecule has 1 aromatic rings. The van der Waals surface area contributed by atoms with E-state index in [-0.39, 0.29) is 23.6 Å². The first-order valence-electron chi connectivity index (χ1n) is 8.51. The number of hydrogen-bond donors (Lipinski definition) is 1. The molecule has 1 N–H and O–H groups in total. The lowest BCUT2D eigenvalue weighted by Crippen LogP contribution is -2.58. The number of hydrogen-bond acceptors (Lipinski definition) is 3. The summed E-state index contributed by atoms with van der Waals surface area (Å²) < 4.78 is 25.7. The quantitative estimate of drug-likeness (QED) is 0.867. The molecular formula is C18H24F2N2O2. The molecule has 0 spiro atoms. The molecular weight excluding hydrogens is 314 g/mol. The molecule has 132 valence electrons. The first-order valence-corrected chi connectivity index (χ1v) is 8.51. The average molecular weight is 338 g/mol. The van der Waals surface area contributed by atoms with Crippen molar-refractivity contribution < 1.29 is 18.7 Å². The Morgan fingerprint density at radius 1 is 1.38 bits per heavy atom. The maximum atomic E-state index is 12.9. The second-order valence-electron chi connectivity index (χ2n) is 6.97. The zero-order valence-electron chi connectivity index (χ0n) is 13.9. The zero-order chi connectivity index (χ0) is 17.3. The smallest absolute Gasteiger partial charge is 0.263 e. The van der Waals surface area contributed by atoms with E-state index in [0.717, 1.165) is 19.4 Å². The van der Waals surface area contributed by atoms with Crippen LogP contribution in [0.1, 0.15) is 41.6 Å². The number of rotatable bonds is 6. The monoisotopic (exact) mass is 338 g/mol. The minimum Gasteiger partial charge on any atom is -0.390 e. The first-order chi connectivity index (χ1) is 11.5. The van der Waals surface area contributed by atoms with Crippen molar-refractivity contribution in [1.29, 1.82) is 0 Å². The van der Waals surface area contributed by atoms with Crippen molar-refractivity contribution in [3.63, 3.8) is 0 Å². The predicted octanol–water partition coefficient (Wildman–Crippen LogP) is 2.54. The molecule has 1 aliphatic heterocycles. The molecule has 1 heterocycles. The molecule has 1 saturated heterocycles. The van der Waals surface area contributed by atoms with Crippen LogP contribution in [0.25, 0.3) is 0 Å². The number of likely N-dealkylation sites (N-methyl/N-ethyl adjacent to an activating group) is 1. The van der Waals surface area contributed by atoms with E-state index in [1.165, 1.54) is 24.6 Å². The van der Waals surface area contributed by atoms with Crippen LogP contribution in [0, 0.1) is 5.92 Å². The van der Waals surface area contributed by atoms with Crippen molar-refractivity contribution in [2.45, 2.75) is 37.8 Å². The molecule has 1 saturated carbocycles. The Morgan fingerprint density at radius 2 is 2.08 bits per heavy atom. The van der Waals surface area contributed by atoms with Gasteiger partial charge in [-0.15, -0.1) is 0 Å². The summed E-state index contributed by atoms with van der Waals surface area (Å²) in [6.45, 7) is 2.02. The number of carbonyl (C=O) groups is 1. The molecule has 1 amide bonds. The van der Waals surface area contributed by atoms with Crippen LogP contribution in [0.2, 0.25) is 0 Å². The third-order valence-electron chi connectivity index (χ3n) is 5.28. The maximum Gasteiger partial charge on any atom is 0.263 e. The van der Waals surface area contributed by atoms with Crippen LogP contribution in [-0.2, 0) is 0 Å². The minimum absolute atomic E-state index is 0.0638. The Kier molecular flexibility index (Phi) is 5.15. The number of nitrogens with zero attached hydrogens (tertiary/aromatic N) is 2. The van der Waals surface area contributed by atoms with Gasteiger partial charge in [0.1, 0.15) is 0 Å². The summed E-state index contributed by atoms with van der Waals surface area (Å²) in [5.74, 6) is 0.241. The van der Waals surface area contributed by atoms with Crippen LogP contribution in [0.5, 0.6) is 0 Å². The van der Waals surface area contributed by atoms with Gasteiger partial charge in [0.05, 0.1) is 6.10 Å². The summed E-state index contributed by atoms with van der Waals surface area (Å²) in [6, 6.07) is 5.79. The lowest BCUT2D eigenvalue weighted by molar-refractivity contribution is -0.0223.